The number of rotatable bonds is 3. The van der Waals surface area contributed by atoms with E-state index in [2.05, 4.69) is 15.7 Å². The molecule has 3 rings (SSSR count). The number of anilines is 1. The van der Waals surface area contributed by atoms with E-state index in [1.165, 1.54) is 12.1 Å². The molecule has 1 saturated heterocycles. The maximum absolute atomic E-state index is 12.9. The Morgan fingerprint density at radius 1 is 1.20 bits per heavy atom. The highest BCUT2D eigenvalue weighted by Crippen LogP contribution is 2.30. The lowest BCUT2D eigenvalue weighted by Crippen LogP contribution is -2.43. The molecule has 0 radical (unpaired) electrons. The number of hydrogen-bond acceptors (Lipinski definition) is 3. The van der Waals surface area contributed by atoms with Crippen molar-refractivity contribution in [2.45, 2.75) is 31.5 Å². The van der Waals surface area contributed by atoms with Crippen LogP contribution < -0.4 is 10.6 Å². The highest BCUT2D eigenvalue weighted by molar-refractivity contribution is 5.94. The number of nitrogens with zero attached hydrogens (tertiary/aromatic N) is 2. The molecule has 9 heteroatoms. The van der Waals surface area contributed by atoms with Crippen LogP contribution in [-0.4, -0.2) is 28.3 Å². The van der Waals surface area contributed by atoms with Gasteiger partial charge in [0.05, 0.1) is 17.9 Å². The maximum atomic E-state index is 12.9. The lowest BCUT2D eigenvalue weighted by atomic mass is 10.0. The zero-order valence-electron chi connectivity index (χ0n) is 13.2. The predicted molar refractivity (Wildman–Crippen MR) is 90.1 cm³/mol. The molecular weight excluding hydrogens is 357 g/mol. The van der Waals surface area contributed by atoms with Crippen LogP contribution in [0.4, 0.5) is 18.9 Å². The Hall–Kier alpha value is -2.06. The van der Waals surface area contributed by atoms with E-state index >= 15 is 0 Å². The molecule has 2 heterocycles. The van der Waals surface area contributed by atoms with E-state index < -0.39 is 11.9 Å². The van der Waals surface area contributed by atoms with Crippen LogP contribution >= 0.6 is 12.4 Å². The number of benzene rings is 1. The van der Waals surface area contributed by atoms with Gasteiger partial charge in [-0.1, -0.05) is 6.42 Å². The molecule has 1 amide bonds. The third kappa shape index (κ3) is 4.52. The van der Waals surface area contributed by atoms with Crippen molar-refractivity contribution in [2.24, 2.45) is 0 Å². The fourth-order valence-corrected chi connectivity index (χ4v) is 2.71. The van der Waals surface area contributed by atoms with Crippen molar-refractivity contribution in [3.8, 4) is 5.69 Å². The largest absolute Gasteiger partial charge is 0.433 e. The zero-order valence-corrected chi connectivity index (χ0v) is 14.0. The Balaban J connectivity index is 0.00000225. The van der Waals surface area contributed by atoms with Gasteiger partial charge >= 0.3 is 6.18 Å². The molecule has 5 nitrogen and oxygen atoms in total. The first-order valence-corrected chi connectivity index (χ1v) is 7.71. The van der Waals surface area contributed by atoms with Crippen molar-refractivity contribution >= 4 is 24.0 Å². The summed E-state index contributed by atoms with van der Waals surface area (Å²) in [4.78, 5) is 12.1. The Kier molecular flexibility index (Phi) is 6.07. The standard InChI is InChI=1S/C16H17F3N4O.ClH/c17-16(18,19)14-8-10-21-23(14)12-6-4-11(5-7-12)22-15(24)13-3-1-2-9-20-13;/h4-8,10,13,20H,1-3,9H2,(H,22,24);1H/t13-;/m1./s1. The number of alkyl halides is 3. The summed E-state index contributed by atoms with van der Waals surface area (Å²) in [6.45, 7) is 0.816. The van der Waals surface area contributed by atoms with Crippen molar-refractivity contribution in [3.63, 3.8) is 0 Å². The van der Waals surface area contributed by atoms with Crippen molar-refractivity contribution in [1.29, 1.82) is 0 Å². The molecule has 1 aliphatic rings. The van der Waals surface area contributed by atoms with Gasteiger partial charge in [-0.05, 0) is 49.7 Å². The van der Waals surface area contributed by atoms with Crippen LogP contribution in [0.3, 0.4) is 0 Å². The SMILES string of the molecule is Cl.O=C(Nc1ccc(-n2nccc2C(F)(F)F)cc1)[C@H]1CCCCN1. The lowest BCUT2D eigenvalue weighted by Gasteiger charge is -2.22. The second-order valence-electron chi connectivity index (χ2n) is 5.66. The van der Waals surface area contributed by atoms with Crippen molar-refractivity contribution < 1.29 is 18.0 Å². The Labute approximate surface area is 149 Å². The molecule has 2 N–H and O–H groups in total. The number of piperidine rings is 1. The average molecular weight is 375 g/mol. The Morgan fingerprint density at radius 2 is 1.92 bits per heavy atom. The summed E-state index contributed by atoms with van der Waals surface area (Å²) < 4.78 is 39.5. The Bertz CT molecular complexity index is 709. The summed E-state index contributed by atoms with van der Waals surface area (Å²) in [7, 11) is 0. The van der Waals surface area contributed by atoms with Gasteiger partial charge in [0, 0.05) is 5.69 Å². The number of hydrogen-bond donors (Lipinski definition) is 2. The molecule has 136 valence electrons. The van der Waals surface area contributed by atoms with E-state index in [0.29, 0.717) is 5.69 Å². The molecule has 2 aromatic rings. The van der Waals surface area contributed by atoms with Crippen LogP contribution in [0.25, 0.3) is 5.69 Å². The first-order valence-electron chi connectivity index (χ1n) is 7.71. The van der Waals surface area contributed by atoms with Gasteiger partial charge in [-0.25, -0.2) is 4.68 Å². The lowest BCUT2D eigenvalue weighted by molar-refractivity contribution is -0.142. The molecule has 1 aromatic carbocycles. The van der Waals surface area contributed by atoms with E-state index in [1.807, 2.05) is 0 Å². The number of nitrogens with one attached hydrogen (secondary N) is 2. The summed E-state index contributed by atoms with van der Waals surface area (Å²) in [6.07, 6.45) is -0.525. The van der Waals surface area contributed by atoms with Crippen LogP contribution in [0.5, 0.6) is 0 Å². The first kappa shape index (κ1) is 19.3. The molecule has 1 aliphatic heterocycles. The number of aromatic nitrogens is 2. The first-order chi connectivity index (χ1) is 11.4. The van der Waals surface area contributed by atoms with Crippen LogP contribution in [0, 0.1) is 0 Å². The van der Waals surface area contributed by atoms with E-state index in [1.54, 1.807) is 12.1 Å². The van der Waals surface area contributed by atoms with Crippen LogP contribution in [-0.2, 0) is 11.0 Å². The Morgan fingerprint density at radius 3 is 2.52 bits per heavy atom. The fraction of sp³-hybridized carbons (Fsp3) is 0.375. The minimum atomic E-state index is -4.48. The number of carbonyl (C=O) groups is 1. The van der Waals surface area contributed by atoms with E-state index in [-0.39, 0.29) is 30.0 Å². The molecule has 0 unspecified atom stereocenters. The topological polar surface area (TPSA) is 59.0 Å². The zero-order chi connectivity index (χ0) is 17.2. The van der Waals surface area contributed by atoms with Crippen LogP contribution in [0.1, 0.15) is 25.0 Å². The van der Waals surface area contributed by atoms with Crippen LogP contribution in [0.15, 0.2) is 36.5 Å². The number of amides is 1. The van der Waals surface area contributed by atoms with Crippen molar-refractivity contribution in [1.82, 2.24) is 15.1 Å². The third-order valence-corrected chi connectivity index (χ3v) is 3.94. The maximum Gasteiger partial charge on any atom is 0.433 e. The summed E-state index contributed by atoms with van der Waals surface area (Å²) in [6, 6.07) is 6.82. The molecular formula is C16H18ClF3N4O. The van der Waals surface area contributed by atoms with Crippen molar-refractivity contribution in [3.05, 3.63) is 42.2 Å². The third-order valence-electron chi connectivity index (χ3n) is 3.94. The summed E-state index contributed by atoms with van der Waals surface area (Å²) in [5.41, 5.74) is -0.0244. The molecule has 1 aromatic heterocycles. The van der Waals surface area contributed by atoms with E-state index in [9.17, 15) is 18.0 Å². The van der Waals surface area contributed by atoms with Gasteiger partial charge in [-0.3, -0.25) is 4.79 Å². The molecule has 0 bridgehead atoms. The number of halogens is 4. The molecule has 0 aliphatic carbocycles. The van der Waals surface area contributed by atoms with Gasteiger partial charge in [-0.15, -0.1) is 12.4 Å². The summed E-state index contributed by atoms with van der Waals surface area (Å²) in [5, 5.41) is 9.64. The highest BCUT2D eigenvalue weighted by Gasteiger charge is 2.35. The summed E-state index contributed by atoms with van der Waals surface area (Å²) >= 11 is 0. The molecule has 25 heavy (non-hydrogen) atoms. The highest BCUT2D eigenvalue weighted by atomic mass is 35.5. The quantitative estimate of drug-likeness (QED) is 0.865. The minimum absolute atomic E-state index is 0. The van der Waals surface area contributed by atoms with Crippen molar-refractivity contribution in [2.75, 3.05) is 11.9 Å². The smallest absolute Gasteiger partial charge is 0.325 e. The van der Waals surface area contributed by atoms with E-state index in [4.69, 9.17) is 0 Å². The van der Waals surface area contributed by atoms with Crippen LogP contribution in [0.2, 0.25) is 0 Å². The van der Waals surface area contributed by atoms with Gasteiger partial charge in [0.25, 0.3) is 0 Å². The monoisotopic (exact) mass is 374 g/mol. The summed E-state index contributed by atoms with van der Waals surface area (Å²) in [5.74, 6) is -0.127. The molecule has 0 saturated carbocycles. The van der Waals surface area contributed by atoms with Gasteiger partial charge in [-0.2, -0.15) is 18.3 Å². The molecule has 0 spiro atoms. The second-order valence-corrected chi connectivity index (χ2v) is 5.66. The van der Waals surface area contributed by atoms with E-state index in [0.717, 1.165) is 42.8 Å². The van der Waals surface area contributed by atoms with Gasteiger partial charge in [0.1, 0.15) is 5.69 Å². The fourth-order valence-electron chi connectivity index (χ4n) is 2.71. The predicted octanol–water partition coefficient (Wildman–Crippen LogP) is 3.39. The molecule has 1 atom stereocenters. The number of carbonyl (C=O) groups excluding carboxylic acids is 1. The average Bonchev–Trinajstić information content (AvgIpc) is 3.06. The second kappa shape index (κ2) is 7.88. The normalized spacial score (nSPS) is 17.6. The van der Waals surface area contributed by atoms with Gasteiger partial charge in [0.2, 0.25) is 5.91 Å². The molecule has 1 fully saturated rings. The van der Waals surface area contributed by atoms with Gasteiger partial charge < -0.3 is 10.6 Å². The van der Waals surface area contributed by atoms with Gasteiger partial charge in [0.15, 0.2) is 0 Å². The minimum Gasteiger partial charge on any atom is -0.325 e.